The predicted octanol–water partition coefficient (Wildman–Crippen LogP) is 2.54. The van der Waals surface area contributed by atoms with Crippen molar-refractivity contribution in [1.29, 1.82) is 5.26 Å². The fourth-order valence-electron chi connectivity index (χ4n) is 4.72. The molecule has 5 aliphatic rings. The molecule has 1 spiro atoms. The summed E-state index contributed by atoms with van der Waals surface area (Å²) in [7, 11) is 4.65. The van der Waals surface area contributed by atoms with Crippen LogP contribution in [-0.4, -0.2) is 51.6 Å². The Kier molecular flexibility index (Phi) is 3.69. The summed E-state index contributed by atoms with van der Waals surface area (Å²) in [5, 5.41) is 9.74. The third-order valence-electron chi connectivity index (χ3n) is 6.30. The molecule has 5 aliphatic heterocycles. The maximum Gasteiger partial charge on any atom is 0.260 e. The summed E-state index contributed by atoms with van der Waals surface area (Å²) in [5.41, 5.74) is -0.108. The number of carbonyl (C=O) groups is 2. The van der Waals surface area contributed by atoms with E-state index in [1.165, 1.54) is 21.6 Å². The Morgan fingerprint density at radius 3 is 2.79 bits per heavy atom. The van der Waals surface area contributed by atoms with Crippen molar-refractivity contribution in [2.24, 2.45) is 5.41 Å². The van der Waals surface area contributed by atoms with E-state index >= 15 is 0 Å². The molecule has 4 fully saturated rings. The molecule has 1 aromatic rings. The monoisotopic (exact) mass is 417 g/mol. The fourth-order valence-corrected chi connectivity index (χ4v) is 8.52. The zero-order valence-corrected chi connectivity index (χ0v) is 17.3. The van der Waals surface area contributed by atoms with Crippen LogP contribution in [0.2, 0.25) is 0 Å². The normalized spacial score (nSPS) is 38.4. The van der Waals surface area contributed by atoms with Gasteiger partial charge < -0.3 is 19.3 Å². The van der Waals surface area contributed by atoms with Crippen LogP contribution in [0.5, 0.6) is 11.5 Å². The third kappa shape index (κ3) is 2.08. The Labute approximate surface area is 170 Å². The first-order valence-corrected chi connectivity index (χ1v) is 11.3. The number of hydrogen-bond acceptors (Lipinski definition) is 7. The Hall–Kier alpha value is -2.05. The highest BCUT2D eigenvalue weighted by atomic mass is 33.1. The number of likely N-dealkylation sites (N-methyl/N-ethyl adjacent to an activating group) is 1. The van der Waals surface area contributed by atoms with Crippen molar-refractivity contribution in [2.75, 3.05) is 13.8 Å². The lowest BCUT2D eigenvalue weighted by Crippen LogP contribution is -2.55. The second-order valence-corrected chi connectivity index (χ2v) is 10.6. The molecule has 1 aromatic carbocycles. The molecule has 2 bridgehead atoms. The van der Waals surface area contributed by atoms with Gasteiger partial charge in [0.15, 0.2) is 16.4 Å². The molecule has 9 heteroatoms. The van der Waals surface area contributed by atoms with Crippen LogP contribution in [0.1, 0.15) is 31.9 Å². The molecule has 0 saturated carbocycles. The maximum atomic E-state index is 13.6. The van der Waals surface area contributed by atoms with Crippen molar-refractivity contribution in [1.82, 2.24) is 9.80 Å². The van der Waals surface area contributed by atoms with Gasteiger partial charge in [-0.1, -0.05) is 27.7 Å². The van der Waals surface area contributed by atoms with Crippen LogP contribution < -0.4 is 9.47 Å². The zero-order chi connectivity index (χ0) is 19.8. The highest BCUT2D eigenvalue weighted by Crippen LogP contribution is 2.66. The van der Waals surface area contributed by atoms with Crippen LogP contribution in [0.3, 0.4) is 0 Å². The average molecular weight is 418 g/mol. The summed E-state index contributed by atoms with van der Waals surface area (Å²) in [6.45, 7) is 3.91. The largest absolute Gasteiger partial charge is 0.454 e. The molecule has 0 radical (unpaired) electrons. The lowest BCUT2D eigenvalue weighted by Gasteiger charge is -2.41. The zero-order valence-electron chi connectivity index (χ0n) is 15.7. The maximum absolute atomic E-state index is 13.6. The van der Waals surface area contributed by atoms with E-state index in [2.05, 4.69) is 6.07 Å². The SMILES string of the molecule is C[C@@H]1[C@@H]2SS[C@@]3(C[C@](C)(C#N)[C@H](c4ccc5c(c4)OCO5)N3C2=O)C(=O)N1C. The van der Waals surface area contributed by atoms with Gasteiger partial charge in [0.2, 0.25) is 12.7 Å². The quantitative estimate of drug-likeness (QED) is 0.650. The molecule has 0 aliphatic carbocycles. The number of nitrogens with zero attached hydrogens (tertiary/aromatic N) is 3. The van der Waals surface area contributed by atoms with Gasteiger partial charge in [-0.3, -0.25) is 9.59 Å². The summed E-state index contributed by atoms with van der Waals surface area (Å²) >= 11 is 0. The number of fused-ring (bicyclic) bond motifs is 4. The van der Waals surface area contributed by atoms with E-state index in [9.17, 15) is 14.9 Å². The van der Waals surface area contributed by atoms with E-state index in [-0.39, 0.29) is 29.9 Å². The topological polar surface area (TPSA) is 82.9 Å². The van der Waals surface area contributed by atoms with Crippen LogP contribution in [0.25, 0.3) is 0 Å². The minimum absolute atomic E-state index is 0.0735. The van der Waals surface area contributed by atoms with Crippen molar-refractivity contribution < 1.29 is 19.1 Å². The second kappa shape index (κ2) is 5.74. The standard InChI is InChI=1S/C19H19N3O4S2/c1-10-14-16(23)22-15(11-4-5-12-13(6-11)26-9-25-12)18(2,8-20)7-19(22,28-27-14)17(24)21(10)3/h4-6,10,14-15H,7,9H2,1-3H3/t10-,14+,15+,18-,19+/m1/s1. The smallest absolute Gasteiger partial charge is 0.260 e. The lowest BCUT2D eigenvalue weighted by atomic mass is 9.79. The van der Waals surface area contributed by atoms with E-state index in [1.54, 1.807) is 22.9 Å². The van der Waals surface area contributed by atoms with Gasteiger partial charge in [0.05, 0.1) is 23.6 Å². The van der Waals surface area contributed by atoms with Gasteiger partial charge in [-0.05, 0) is 31.5 Å². The first kappa shape index (κ1) is 18.0. The Balaban J connectivity index is 1.70. The van der Waals surface area contributed by atoms with E-state index in [0.29, 0.717) is 17.9 Å². The summed E-state index contributed by atoms with van der Waals surface area (Å²) in [5.74, 6) is 1.07. The number of ether oxygens (including phenoxy) is 2. The van der Waals surface area contributed by atoms with Gasteiger partial charge in [-0.25, -0.2) is 0 Å². The van der Waals surface area contributed by atoms with Crippen molar-refractivity contribution in [3.8, 4) is 17.6 Å². The number of nitriles is 1. The van der Waals surface area contributed by atoms with Crippen LogP contribution in [0.15, 0.2) is 18.2 Å². The van der Waals surface area contributed by atoms with E-state index < -0.39 is 16.3 Å². The predicted molar refractivity (Wildman–Crippen MR) is 104 cm³/mol. The van der Waals surface area contributed by atoms with E-state index in [0.717, 1.165) is 5.56 Å². The Morgan fingerprint density at radius 1 is 1.29 bits per heavy atom. The van der Waals surface area contributed by atoms with Crippen molar-refractivity contribution in [2.45, 2.75) is 42.5 Å². The molecule has 4 saturated heterocycles. The van der Waals surface area contributed by atoms with E-state index in [4.69, 9.17) is 9.47 Å². The van der Waals surface area contributed by atoms with Crippen LogP contribution in [-0.2, 0) is 9.59 Å². The van der Waals surface area contributed by atoms with Gasteiger partial charge in [-0.15, -0.1) is 0 Å². The molecule has 146 valence electrons. The molecule has 6 rings (SSSR count). The Morgan fingerprint density at radius 2 is 2.04 bits per heavy atom. The number of benzene rings is 1. The first-order chi connectivity index (χ1) is 13.3. The molecule has 5 heterocycles. The molecule has 2 amide bonds. The van der Waals surface area contributed by atoms with Gasteiger partial charge in [0, 0.05) is 13.5 Å². The van der Waals surface area contributed by atoms with Crippen molar-refractivity contribution in [3.05, 3.63) is 23.8 Å². The fraction of sp³-hybridized carbons (Fsp3) is 0.526. The molecular formula is C19H19N3O4S2. The van der Waals surface area contributed by atoms with Crippen LogP contribution in [0, 0.1) is 16.7 Å². The minimum atomic E-state index is -1.07. The lowest BCUT2D eigenvalue weighted by molar-refractivity contribution is -0.142. The van der Waals surface area contributed by atoms with Gasteiger partial charge in [0.1, 0.15) is 5.25 Å². The highest BCUT2D eigenvalue weighted by Gasteiger charge is 2.70. The summed E-state index contributed by atoms with van der Waals surface area (Å²) < 4.78 is 10.9. The average Bonchev–Trinajstić information content (AvgIpc) is 3.23. The first-order valence-electron chi connectivity index (χ1n) is 9.08. The summed E-state index contributed by atoms with van der Waals surface area (Å²) in [4.78, 5) is 29.3. The van der Waals surface area contributed by atoms with Crippen LogP contribution in [0.4, 0.5) is 0 Å². The van der Waals surface area contributed by atoms with Gasteiger partial charge >= 0.3 is 0 Å². The second-order valence-electron chi connectivity index (χ2n) is 7.97. The number of carbonyl (C=O) groups excluding carboxylic acids is 2. The van der Waals surface area contributed by atoms with Gasteiger partial charge in [0.25, 0.3) is 5.91 Å². The van der Waals surface area contributed by atoms with Crippen molar-refractivity contribution in [3.63, 3.8) is 0 Å². The Bertz CT molecular complexity index is 950. The third-order valence-corrected chi connectivity index (χ3v) is 9.73. The number of rotatable bonds is 1. The van der Waals surface area contributed by atoms with Crippen molar-refractivity contribution >= 4 is 33.4 Å². The molecule has 0 N–H and O–H groups in total. The summed E-state index contributed by atoms with van der Waals surface area (Å²) in [6.07, 6.45) is 0.293. The van der Waals surface area contributed by atoms with E-state index in [1.807, 2.05) is 26.0 Å². The molecule has 28 heavy (non-hydrogen) atoms. The van der Waals surface area contributed by atoms with Gasteiger partial charge in [-0.2, -0.15) is 5.26 Å². The minimum Gasteiger partial charge on any atom is -0.454 e. The molecule has 5 atom stereocenters. The number of amides is 2. The molecular weight excluding hydrogens is 398 g/mol. The molecule has 0 aromatic heterocycles. The molecule has 0 unspecified atom stereocenters. The summed E-state index contributed by atoms with van der Waals surface area (Å²) in [6, 6.07) is 7.20. The highest BCUT2D eigenvalue weighted by molar-refractivity contribution is 8.77. The van der Waals surface area contributed by atoms with Crippen LogP contribution >= 0.6 is 21.6 Å². The number of hydrogen-bond donors (Lipinski definition) is 0. The molecule has 7 nitrogen and oxygen atoms in total.